The summed E-state index contributed by atoms with van der Waals surface area (Å²) < 4.78 is 43.6. The van der Waals surface area contributed by atoms with Crippen molar-refractivity contribution in [2.75, 3.05) is 27.4 Å². The van der Waals surface area contributed by atoms with Crippen molar-refractivity contribution in [3.63, 3.8) is 0 Å². The predicted molar refractivity (Wildman–Crippen MR) is 101 cm³/mol. The molecule has 0 aliphatic carbocycles. The Morgan fingerprint density at radius 2 is 1.62 bits per heavy atom. The number of aryl methyl sites for hydroxylation is 3. The minimum atomic E-state index is -3.72. The molecule has 0 fully saturated rings. The molecule has 26 heavy (non-hydrogen) atoms. The quantitative estimate of drug-likeness (QED) is 0.714. The molecule has 2 rings (SSSR count). The van der Waals surface area contributed by atoms with E-state index >= 15 is 0 Å². The van der Waals surface area contributed by atoms with Crippen LogP contribution in [0, 0.1) is 20.8 Å². The van der Waals surface area contributed by atoms with Crippen LogP contribution in [0.1, 0.15) is 16.7 Å². The summed E-state index contributed by atoms with van der Waals surface area (Å²) in [6, 6.07) is 8.63. The Kier molecular flexibility index (Phi) is 6.50. The maximum absolute atomic E-state index is 12.5. The van der Waals surface area contributed by atoms with Crippen LogP contribution in [0.5, 0.6) is 17.2 Å². The maximum atomic E-state index is 12.5. The van der Waals surface area contributed by atoms with Gasteiger partial charge in [0.15, 0.2) is 0 Å². The molecule has 0 aliphatic rings. The molecule has 0 saturated carbocycles. The van der Waals surface area contributed by atoms with Gasteiger partial charge in [0.2, 0.25) is 10.0 Å². The monoisotopic (exact) mass is 379 g/mol. The highest BCUT2D eigenvalue weighted by molar-refractivity contribution is 7.89. The fourth-order valence-corrected chi connectivity index (χ4v) is 3.96. The van der Waals surface area contributed by atoms with Crippen LogP contribution in [0.15, 0.2) is 35.2 Å². The lowest BCUT2D eigenvalue weighted by Crippen LogP contribution is -2.28. The summed E-state index contributed by atoms with van der Waals surface area (Å²) in [6.45, 7) is 6.34. The number of ether oxygens (including phenoxy) is 3. The number of methoxy groups -OCH3 is 2. The maximum Gasteiger partial charge on any atom is 0.244 e. The van der Waals surface area contributed by atoms with Gasteiger partial charge in [-0.15, -0.1) is 0 Å². The van der Waals surface area contributed by atoms with Gasteiger partial charge in [0.05, 0.1) is 14.2 Å². The molecule has 1 N–H and O–H groups in total. The van der Waals surface area contributed by atoms with Gasteiger partial charge in [-0.25, -0.2) is 13.1 Å². The largest absolute Gasteiger partial charge is 0.497 e. The van der Waals surface area contributed by atoms with Crippen LogP contribution < -0.4 is 18.9 Å². The van der Waals surface area contributed by atoms with Crippen molar-refractivity contribution in [3.8, 4) is 17.2 Å². The van der Waals surface area contributed by atoms with E-state index in [2.05, 4.69) is 4.72 Å². The zero-order chi connectivity index (χ0) is 19.3. The van der Waals surface area contributed by atoms with Gasteiger partial charge in [-0.2, -0.15) is 0 Å². The van der Waals surface area contributed by atoms with Crippen LogP contribution >= 0.6 is 0 Å². The SMILES string of the molecule is COc1ccc(S(=O)(=O)NCCOc2c(C)cc(C)cc2C)c(OC)c1. The van der Waals surface area contributed by atoms with Crippen molar-refractivity contribution < 1.29 is 22.6 Å². The molecule has 0 amide bonds. The molecule has 0 unspecified atom stereocenters. The molecular weight excluding hydrogens is 354 g/mol. The molecule has 0 bridgehead atoms. The van der Waals surface area contributed by atoms with Crippen LogP contribution in [-0.2, 0) is 10.0 Å². The lowest BCUT2D eigenvalue weighted by molar-refractivity contribution is 0.318. The highest BCUT2D eigenvalue weighted by Gasteiger charge is 2.19. The van der Waals surface area contributed by atoms with Crippen molar-refractivity contribution >= 4 is 10.0 Å². The van der Waals surface area contributed by atoms with Crippen LogP contribution in [0.2, 0.25) is 0 Å². The molecule has 142 valence electrons. The van der Waals surface area contributed by atoms with E-state index in [-0.39, 0.29) is 23.8 Å². The minimum Gasteiger partial charge on any atom is -0.497 e. The van der Waals surface area contributed by atoms with E-state index in [1.807, 2.05) is 32.9 Å². The molecule has 6 nitrogen and oxygen atoms in total. The van der Waals surface area contributed by atoms with Crippen LogP contribution in [0.3, 0.4) is 0 Å². The first-order valence-electron chi connectivity index (χ1n) is 8.21. The predicted octanol–water partition coefficient (Wildman–Crippen LogP) is 2.99. The first-order chi connectivity index (χ1) is 12.3. The molecule has 0 atom stereocenters. The van der Waals surface area contributed by atoms with Gasteiger partial charge in [-0.05, 0) is 44.0 Å². The molecule has 0 saturated heterocycles. The summed E-state index contributed by atoms with van der Waals surface area (Å²) in [5.74, 6) is 1.54. The fourth-order valence-electron chi connectivity index (χ4n) is 2.80. The molecular formula is C19H25NO5S. The standard InChI is InChI=1S/C19H25NO5S/c1-13-10-14(2)19(15(3)11-13)25-9-8-20-26(21,22)18-7-6-16(23-4)12-17(18)24-5/h6-7,10-12,20H,8-9H2,1-5H3. The summed E-state index contributed by atoms with van der Waals surface area (Å²) in [7, 11) is -0.796. The van der Waals surface area contributed by atoms with E-state index in [9.17, 15) is 8.42 Å². The first kappa shape index (κ1) is 20.1. The fraction of sp³-hybridized carbons (Fsp3) is 0.368. The van der Waals surface area contributed by atoms with Gasteiger partial charge in [-0.3, -0.25) is 0 Å². The minimum absolute atomic E-state index is 0.0588. The van der Waals surface area contributed by atoms with Crippen LogP contribution in [0.25, 0.3) is 0 Å². The van der Waals surface area contributed by atoms with Gasteiger partial charge in [0, 0.05) is 12.6 Å². The van der Waals surface area contributed by atoms with Crippen molar-refractivity contribution in [3.05, 3.63) is 47.0 Å². The summed E-state index contributed by atoms with van der Waals surface area (Å²) in [4.78, 5) is 0.0588. The van der Waals surface area contributed by atoms with E-state index in [1.54, 1.807) is 6.07 Å². The van der Waals surface area contributed by atoms with Gasteiger partial charge >= 0.3 is 0 Å². The number of nitrogens with one attached hydrogen (secondary N) is 1. The van der Waals surface area contributed by atoms with E-state index < -0.39 is 10.0 Å². The van der Waals surface area contributed by atoms with Gasteiger partial charge in [0.25, 0.3) is 0 Å². The van der Waals surface area contributed by atoms with Crippen molar-refractivity contribution in [1.82, 2.24) is 4.72 Å². The Morgan fingerprint density at radius 1 is 0.962 bits per heavy atom. The van der Waals surface area contributed by atoms with E-state index in [0.29, 0.717) is 5.75 Å². The molecule has 2 aromatic carbocycles. The zero-order valence-corrected chi connectivity index (χ0v) is 16.6. The summed E-state index contributed by atoms with van der Waals surface area (Å²) in [6.07, 6.45) is 0. The van der Waals surface area contributed by atoms with Crippen LogP contribution in [-0.4, -0.2) is 35.8 Å². The van der Waals surface area contributed by atoms with E-state index in [0.717, 1.165) is 16.9 Å². The summed E-state index contributed by atoms with van der Waals surface area (Å²) in [5, 5.41) is 0. The van der Waals surface area contributed by atoms with E-state index in [1.165, 1.54) is 31.9 Å². The highest BCUT2D eigenvalue weighted by atomic mass is 32.2. The number of hydrogen-bond acceptors (Lipinski definition) is 5. The summed E-state index contributed by atoms with van der Waals surface area (Å²) in [5.41, 5.74) is 3.23. The van der Waals surface area contributed by atoms with Gasteiger partial charge in [0.1, 0.15) is 28.8 Å². The van der Waals surface area contributed by atoms with Crippen molar-refractivity contribution in [2.24, 2.45) is 0 Å². The normalized spacial score (nSPS) is 11.3. The Morgan fingerprint density at radius 3 is 2.19 bits per heavy atom. The molecule has 0 aromatic heterocycles. The molecule has 0 heterocycles. The van der Waals surface area contributed by atoms with Crippen LogP contribution in [0.4, 0.5) is 0 Å². The lowest BCUT2D eigenvalue weighted by Gasteiger charge is -2.14. The topological polar surface area (TPSA) is 73.9 Å². The zero-order valence-electron chi connectivity index (χ0n) is 15.8. The smallest absolute Gasteiger partial charge is 0.244 e. The highest BCUT2D eigenvalue weighted by Crippen LogP contribution is 2.28. The Labute approximate surface area is 155 Å². The van der Waals surface area contributed by atoms with E-state index in [4.69, 9.17) is 14.2 Å². The number of rotatable bonds is 8. The third kappa shape index (κ3) is 4.68. The first-order valence-corrected chi connectivity index (χ1v) is 9.69. The molecule has 7 heteroatoms. The molecule has 0 radical (unpaired) electrons. The molecule has 0 aliphatic heterocycles. The number of sulfonamides is 1. The van der Waals surface area contributed by atoms with Crippen molar-refractivity contribution in [1.29, 1.82) is 0 Å². The lowest BCUT2D eigenvalue weighted by atomic mass is 10.1. The van der Waals surface area contributed by atoms with Gasteiger partial charge < -0.3 is 14.2 Å². The summed E-state index contributed by atoms with van der Waals surface area (Å²) >= 11 is 0. The molecule has 2 aromatic rings. The number of benzene rings is 2. The second-order valence-electron chi connectivity index (χ2n) is 5.99. The Hall–Kier alpha value is -2.25. The number of hydrogen-bond donors (Lipinski definition) is 1. The third-order valence-corrected chi connectivity index (χ3v) is 5.41. The third-order valence-electron chi connectivity index (χ3n) is 3.91. The van der Waals surface area contributed by atoms with Gasteiger partial charge in [-0.1, -0.05) is 17.7 Å². The average Bonchev–Trinajstić information content (AvgIpc) is 2.59. The second kappa shape index (κ2) is 8.42. The Bertz CT molecular complexity index is 854. The van der Waals surface area contributed by atoms with Crippen molar-refractivity contribution in [2.45, 2.75) is 25.7 Å². The Balaban J connectivity index is 2.03. The second-order valence-corrected chi connectivity index (χ2v) is 7.73. The molecule has 0 spiro atoms. The average molecular weight is 379 g/mol.